The van der Waals surface area contributed by atoms with Crippen LogP contribution in [0.25, 0.3) is 0 Å². The minimum atomic E-state index is 0.403. The van der Waals surface area contributed by atoms with E-state index in [1.807, 2.05) is 6.07 Å². The second kappa shape index (κ2) is 3.51. The van der Waals surface area contributed by atoms with Crippen molar-refractivity contribution in [1.29, 1.82) is 5.41 Å². The van der Waals surface area contributed by atoms with E-state index in [0.717, 1.165) is 11.5 Å². The molecule has 0 bridgehead atoms. The van der Waals surface area contributed by atoms with Crippen molar-refractivity contribution in [3.05, 3.63) is 23.7 Å². The van der Waals surface area contributed by atoms with E-state index in [1.54, 1.807) is 13.2 Å². The molecular weight excluding hydrogens is 182 g/mol. The fourth-order valence-corrected chi connectivity index (χ4v) is 1.14. The van der Waals surface area contributed by atoms with Crippen LogP contribution < -0.4 is 10.6 Å². The molecule has 0 aromatic carbocycles. The summed E-state index contributed by atoms with van der Waals surface area (Å²) < 4.78 is 4.94. The molecule has 0 saturated heterocycles. The Morgan fingerprint density at radius 1 is 1.64 bits per heavy atom. The molecule has 6 nitrogen and oxygen atoms in total. The fourth-order valence-electron chi connectivity index (χ4n) is 1.14. The highest BCUT2D eigenvalue weighted by atomic mass is 16.5. The van der Waals surface area contributed by atoms with Crippen LogP contribution in [-0.2, 0) is 11.3 Å². The van der Waals surface area contributed by atoms with E-state index in [0.29, 0.717) is 18.3 Å². The molecule has 0 radical (unpaired) electrons. The van der Waals surface area contributed by atoms with Crippen LogP contribution in [0.4, 0.5) is 5.82 Å². The smallest absolute Gasteiger partial charge is 0.153 e. The van der Waals surface area contributed by atoms with Crippen LogP contribution in [0.15, 0.2) is 18.0 Å². The highest BCUT2D eigenvalue weighted by Gasteiger charge is 2.11. The molecule has 0 amide bonds. The predicted octanol–water partition coefficient (Wildman–Crippen LogP) is 0.390. The number of nitrogens with zero attached hydrogens (tertiary/aromatic N) is 1. The number of rotatable bonds is 4. The molecule has 0 fully saturated rings. The van der Waals surface area contributed by atoms with E-state index < -0.39 is 0 Å². The highest BCUT2D eigenvalue weighted by molar-refractivity contribution is 5.99. The van der Waals surface area contributed by atoms with Crippen LogP contribution in [0.1, 0.15) is 5.69 Å². The summed E-state index contributed by atoms with van der Waals surface area (Å²) in [5.41, 5.74) is 0.907. The summed E-state index contributed by atoms with van der Waals surface area (Å²) in [4.78, 5) is 0. The Labute approximate surface area is 80.9 Å². The molecule has 0 aliphatic carbocycles. The van der Waals surface area contributed by atoms with Gasteiger partial charge in [-0.05, 0) is 0 Å². The minimum Gasteiger partial charge on any atom is -0.378 e. The number of anilines is 1. The summed E-state index contributed by atoms with van der Waals surface area (Å²) in [6, 6.07) is 1.86. The lowest BCUT2D eigenvalue weighted by molar-refractivity contribution is 0.181. The van der Waals surface area contributed by atoms with Gasteiger partial charge in [0.2, 0.25) is 0 Å². The second-order valence-electron chi connectivity index (χ2n) is 2.93. The van der Waals surface area contributed by atoms with Gasteiger partial charge in [-0.15, -0.1) is 0 Å². The normalized spacial score (nSPS) is 14.4. The Hall–Kier alpha value is -1.82. The molecule has 2 rings (SSSR count). The second-order valence-corrected chi connectivity index (χ2v) is 2.93. The standard InChI is InChI=1S/C8H11N5O/c1-14-4-5-2-8(13-12-5)11-7-3-6(9)10-7/h2-3H,4H2,1H3,(H4,9,10,11,12,13). The quantitative estimate of drug-likeness (QED) is 0.557. The van der Waals surface area contributed by atoms with Gasteiger partial charge in [-0.3, -0.25) is 10.5 Å². The third-order valence-electron chi connectivity index (χ3n) is 1.75. The van der Waals surface area contributed by atoms with Crippen molar-refractivity contribution in [1.82, 2.24) is 15.5 Å². The van der Waals surface area contributed by atoms with E-state index in [-0.39, 0.29) is 0 Å². The van der Waals surface area contributed by atoms with Gasteiger partial charge < -0.3 is 15.4 Å². The average Bonchev–Trinajstić information content (AvgIpc) is 2.51. The van der Waals surface area contributed by atoms with Crippen molar-refractivity contribution in [2.24, 2.45) is 0 Å². The first-order valence-electron chi connectivity index (χ1n) is 4.15. The van der Waals surface area contributed by atoms with E-state index in [1.165, 1.54) is 0 Å². The maximum absolute atomic E-state index is 7.12. The van der Waals surface area contributed by atoms with E-state index >= 15 is 0 Å². The number of H-pyrrole nitrogens is 1. The zero-order valence-electron chi connectivity index (χ0n) is 7.72. The Morgan fingerprint density at radius 3 is 3.07 bits per heavy atom. The number of ether oxygens (including phenoxy) is 1. The van der Waals surface area contributed by atoms with Gasteiger partial charge in [-0.25, -0.2) is 0 Å². The van der Waals surface area contributed by atoms with Crippen molar-refractivity contribution in [2.75, 3.05) is 12.4 Å². The zero-order valence-corrected chi connectivity index (χ0v) is 7.72. The largest absolute Gasteiger partial charge is 0.378 e. The predicted molar refractivity (Wildman–Crippen MR) is 51.9 cm³/mol. The lowest BCUT2D eigenvalue weighted by Crippen LogP contribution is -2.34. The molecule has 0 unspecified atom stereocenters. The topological polar surface area (TPSA) is 85.8 Å². The number of amidine groups is 1. The first-order chi connectivity index (χ1) is 6.78. The minimum absolute atomic E-state index is 0.403. The molecule has 74 valence electrons. The molecule has 0 saturated carbocycles. The van der Waals surface area contributed by atoms with Crippen LogP contribution >= 0.6 is 0 Å². The third-order valence-corrected chi connectivity index (χ3v) is 1.75. The van der Waals surface area contributed by atoms with Gasteiger partial charge in [0.25, 0.3) is 0 Å². The fraction of sp³-hybridized carbons (Fsp3) is 0.250. The van der Waals surface area contributed by atoms with Crippen molar-refractivity contribution in [2.45, 2.75) is 6.61 Å². The van der Waals surface area contributed by atoms with Crippen molar-refractivity contribution in [3.63, 3.8) is 0 Å². The molecule has 1 aliphatic rings. The third kappa shape index (κ3) is 1.74. The van der Waals surface area contributed by atoms with Gasteiger partial charge in [-0.2, -0.15) is 5.10 Å². The molecule has 2 heterocycles. The van der Waals surface area contributed by atoms with Crippen LogP contribution in [0.3, 0.4) is 0 Å². The summed E-state index contributed by atoms with van der Waals surface area (Å²) >= 11 is 0. The average molecular weight is 193 g/mol. The number of hydrogen-bond donors (Lipinski definition) is 4. The molecule has 1 aliphatic heterocycles. The molecule has 4 N–H and O–H groups in total. The van der Waals surface area contributed by atoms with Crippen molar-refractivity contribution < 1.29 is 4.74 Å². The van der Waals surface area contributed by atoms with Crippen molar-refractivity contribution >= 4 is 11.7 Å². The summed E-state index contributed by atoms with van der Waals surface area (Å²) in [6.45, 7) is 0.511. The summed E-state index contributed by atoms with van der Waals surface area (Å²) in [5.74, 6) is 1.90. The lowest BCUT2D eigenvalue weighted by Gasteiger charge is -2.18. The lowest BCUT2D eigenvalue weighted by atomic mass is 10.3. The van der Waals surface area contributed by atoms with E-state index in [9.17, 15) is 0 Å². The zero-order chi connectivity index (χ0) is 9.97. The Morgan fingerprint density at radius 2 is 2.43 bits per heavy atom. The van der Waals surface area contributed by atoms with Gasteiger partial charge in [0.05, 0.1) is 12.3 Å². The maximum Gasteiger partial charge on any atom is 0.153 e. The number of hydrogen-bond acceptors (Lipinski definition) is 4. The van der Waals surface area contributed by atoms with Crippen LogP contribution in [0.2, 0.25) is 0 Å². The molecule has 14 heavy (non-hydrogen) atoms. The molecular formula is C8H11N5O. The monoisotopic (exact) mass is 193 g/mol. The molecule has 1 aromatic rings. The maximum atomic E-state index is 7.12. The number of methoxy groups -OCH3 is 1. The number of aromatic nitrogens is 2. The van der Waals surface area contributed by atoms with E-state index in [4.69, 9.17) is 10.1 Å². The Balaban J connectivity index is 1.96. The van der Waals surface area contributed by atoms with Gasteiger partial charge in [0.15, 0.2) is 5.82 Å². The van der Waals surface area contributed by atoms with Gasteiger partial charge >= 0.3 is 0 Å². The van der Waals surface area contributed by atoms with Gasteiger partial charge in [0, 0.05) is 19.3 Å². The van der Waals surface area contributed by atoms with Crippen LogP contribution in [0, 0.1) is 5.41 Å². The molecule has 1 aromatic heterocycles. The Bertz CT molecular complexity index is 381. The number of nitrogens with one attached hydrogen (secondary N) is 4. The molecule has 0 spiro atoms. The molecule has 6 heteroatoms. The van der Waals surface area contributed by atoms with Crippen LogP contribution in [-0.4, -0.2) is 23.1 Å². The van der Waals surface area contributed by atoms with Crippen LogP contribution in [0.5, 0.6) is 0 Å². The number of aromatic amines is 1. The summed E-state index contributed by atoms with van der Waals surface area (Å²) in [5, 5.41) is 19.7. The first-order valence-corrected chi connectivity index (χ1v) is 4.15. The van der Waals surface area contributed by atoms with Crippen molar-refractivity contribution in [3.8, 4) is 0 Å². The highest BCUT2D eigenvalue weighted by Crippen LogP contribution is 2.10. The first kappa shape index (κ1) is 8.76. The van der Waals surface area contributed by atoms with E-state index in [2.05, 4.69) is 20.8 Å². The van der Waals surface area contributed by atoms with Gasteiger partial charge in [-0.1, -0.05) is 0 Å². The SMILES string of the molecule is COCc1cc(NC2=CC(=N)N2)n[nH]1. The van der Waals surface area contributed by atoms with Gasteiger partial charge in [0.1, 0.15) is 11.7 Å². The summed E-state index contributed by atoms with van der Waals surface area (Å²) in [7, 11) is 1.63. The Kier molecular flexibility index (Phi) is 2.19. The molecule has 0 atom stereocenters. The summed E-state index contributed by atoms with van der Waals surface area (Å²) in [6.07, 6.45) is 1.69.